The first-order chi connectivity index (χ1) is 8.56. The first kappa shape index (κ1) is 13.1. The fourth-order valence-electron chi connectivity index (χ4n) is 1.60. The average Bonchev–Trinajstić information content (AvgIpc) is 2.73. The van der Waals surface area contributed by atoms with Gasteiger partial charge in [0.05, 0.1) is 10.9 Å². The van der Waals surface area contributed by atoms with Crippen molar-refractivity contribution >= 4 is 28.8 Å². The smallest absolute Gasteiger partial charge is 0.272 e. The van der Waals surface area contributed by atoms with Crippen molar-refractivity contribution in [3.63, 3.8) is 0 Å². The van der Waals surface area contributed by atoms with Gasteiger partial charge in [-0.1, -0.05) is 17.7 Å². The summed E-state index contributed by atoms with van der Waals surface area (Å²) in [6.45, 7) is 2.42. The molecular weight excluding hydrogens is 268 g/mol. The summed E-state index contributed by atoms with van der Waals surface area (Å²) < 4.78 is 0.736. The second-order valence-electron chi connectivity index (χ2n) is 4.03. The molecule has 0 saturated carbocycles. The average molecular weight is 281 g/mol. The van der Waals surface area contributed by atoms with Gasteiger partial charge in [0.2, 0.25) is 0 Å². The van der Waals surface area contributed by atoms with Gasteiger partial charge in [0.15, 0.2) is 0 Å². The van der Waals surface area contributed by atoms with E-state index >= 15 is 0 Å². The van der Waals surface area contributed by atoms with Crippen molar-refractivity contribution in [2.75, 3.05) is 7.05 Å². The molecule has 0 atom stereocenters. The van der Waals surface area contributed by atoms with Crippen LogP contribution in [0.3, 0.4) is 0 Å². The number of thiophene rings is 1. The molecule has 3 nitrogen and oxygen atoms in total. The summed E-state index contributed by atoms with van der Waals surface area (Å²) in [5, 5.41) is 0. The number of aryl methyl sites for hydroxylation is 1. The minimum absolute atomic E-state index is 0.0803. The maximum absolute atomic E-state index is 12.1. The molecule has 0 unspecified atom stereocenters. The fraction of sp³-hybridized carbons (Fsp3) is 0.231. The molecule has 0 saturated heterocycles. The van der Waals surface area contributed by atoms with Crippen molar-refractivity contribution in [3.05, 3.63) is 50.9 Å². The lowest BCUT2D eigenvalue weighted by atomic mass is 10.3. The zero-order valence-corrected chi connectivity index (χ0v) is 11.8. The molecule has 0 aliphatic rings. The number of aromatic nitrogens is 1. The van der Waals surface area contributed by atoms with Gasteiger partial charge < -0.3 is 4.90 Å². The van der Waals surface area contributed by atoms with E-state index in [1.807, 2.05) is 31.2 Å². The highest BCUT2D eigenvalue weighted by Gasteiger charge is 2.14. The molecule has 0 radical (unpaired) electrons. The number of hydrogen-bond acceptors (Lipinski definition) is 3. The van der Waals surface area contributed by atoms with Crippen molar-refractivity contribution in [2.24, 2.45) is 0 Å². The molecule has 0 N–H and O–H groups in total. The van der Waals surface area contributed by atoms with Crippen LogP contribution in [0.2, 0.25) is 4.34 Å². The predicted molar refractivity (Wildman–Crippen MR) is 74.1 cm³/mol. The molecule has 18 heavy (non-hydrogen) atoms. The first-order valence-electron chi connectivity index (χ1n) is 5.49. The lowest BCUT2D eigenvalue weighted by Crippen LogP contribution is -2.26. The SMILES string of the molecule is Cc1cccc(C(=O)N(C)Cc2ccc(Cl)s2)n1. The van der Waals surface area contributed by atoms with Gasteiger partial charge in [-0.15, -0.1) is 11.3 Å². The Balaban J connectivity index is 2.09. The number of pyridine rings is 1. The molecule has 0 aliphatic carbocycles. The molecule has 1 amide bonds. The van der Waals surface area contributed by atoms with Crippen molar-refractivity contribution in [1.29, 1.82) is 0 Å². The highest BCUT2D eigenvalue weighted by atomic mass is 35.5. The lowest BCUT2D eigenvalue weighted by Gasteiger charge is -2.15. The zero-order valence-electron chi connectivity index (χ0n) is 10.2. The highest BCUT2D eigenvalue weighted by molar-refractivity contribution is 7.16. The summed E-state index contributed by atoms with van der Waals surface area (Å²) in [7, 11) is 1.76. The van der Waals surface area contributed by atoms with E-state index in [4.69, 9.17) is 11.6 Å². The van der Waals surface area contributed by atoms with Gasteiger partial charge in [-0.25, -0.2) is 4.98 Å². The third-order valence-corrected chi connectivity index (χ3v) is 3.69. The molecule has 5 heteroatoms. The fourth-order valence-corrected chi connectivity index (χ4v) is 2.74. The molecule has 2 heterocycles. The number of halogens is 1. The van der Waals surface area contributed by atoms with Crippen LogP contribution in [-0.2, 0) is 6.54 Å². The van der Waals surface area contributed by atoms with Crippen LogP contribution in [-0.4, -0.2) is 22.8 Å². The normalized spacial score (nSPS) is 10.4. The Morgan fingerprint density at radius 2 is 2.17 bits per heavy atom. The van der Waals surface area contributed by atoms with Crippen molar-refractivity contribution < 1.29 is 4.79 Å². The van der Waals surface area contributed by atoms with E-state index in [2.05, 4.69) is 4.98 Å². The van der Waals surface area contributed by atoms with E-state index in [-0.39, 0.29) is 5.91 Å². The third kappa shape index (κ3) is 3.09. The van der Waals surface area contributed by atoms with Gasteiger partial charge in [0.1, 0.15) is 5.69 Å². The summed E-state index contributed by atoms with van der Waals surface area (Å²) >= 11 is 7.35. The van der Waals surface area contributed by atoms with Crippen LogP contribution in [0.4, 0.5) is 0 Å². The Morgan fingerprint density at radius 3 is 2.78 bits per heavy atom. The molecule has 94 valence electrons. The van der Waals surface area contributed by atoms with Gasteiger partial charge in [-0.2, -0.15) is 0 Å². The number of carbonyl (C=O) groups is 1. The number of hydrogen-bond donors (Lipinski definition) is 0. The van der Waals surface area contributed by atoms with Gasteiger partial charge in [-0.05, 0) is 31.2 Å². The molecular formula is C13H13ClN2OS. The van der Waals surface area contributed by atoms with Crippen molar-refractivity contribution in [1.82, 2.24) is 9.88 Å². The van der Waals surface area contributed by atoms with Crippen molar-refractivity contribution in [3.8, 4) is 0 Å². The Morgan fingerprint density at radius 1 is 1.39 bits per heavy atom. The zero-order chi connectivity index (χ0) is 13.1. The highest BCUT2D eigenvalue weighted by Crippen LogP contribution is 2.22. The molecule has 0 aliphatic heterocycles. The van der Waals surface area contributed by atoms with Gasteiger partial charge >= 0.3 is 0 Å². The van der Waals surface area contributed by atoms with E-state index in [1.165, 1.54) is 11.3 Å². The van der Waals surface area contributed by atoms with E-state index in [1.54, 1.807) is 18.0 Å². The van der Waals surface area contributed by atoms with Crippen LogP contribution >= 0.6 is 22.9 Å². The van der Waals surface area contributed by atoms with Crippen LogP contribution < -0.4 is 0 Å². The first-order valence-corrected chi connectivity index (χ1v) is 6.69. The summed E-state index contributed by atoms with van der Waals surface area (Å²) in [6.07, 6.45) is 0. The quantitative estimate of drug-likeness (QED) is 0.863. The summed E-state index contributed by atoms with van der Waals surface area (Å²) in [6, 6.07) is 9.21. The second-order valence-corrected chi connectivity index (χ2v) is 5.83. The molecule has 2 aromatic heterocycles. The van der Waals surface area contributed by atoms with E-state index in [0.717, 1.165) is 14.9 Å². The van der Waals surface area contributed by atoms with Crippen LogP contribution in [0.25, 0.3) is 0 Å². The van der Waals surface area contributed by atoms with Crippen molar-refractivity contribution in [2.45, 2.75) is 13.5 Å². The van der Waals surface area contributed by atoms with Gasteiger partial charge in [0.25, 0.3) is 5.91 Å². The maximum atomic E-state index is 12.1. The summed E-state index contributed by atoms with van der Waals surface area (Å²) in [5.41, 5.74) is 1.31. The minimum atomic E-state index is -0.0803. The number of carbonyl (C=O) groups excluding carboxylic acids is 1. The molecule has 0 bridgehead atoms. The van der Waals surface area contributed by atoms with Crippen LogP contribution in [0.15, 0.2) is 30.3 Å². The third-order valence-electron chi connectivity index (χ3n) is 2.48. The maximum Gasteiger partial charge on any atom is 0.272 e. The monoisotopic (exact) mass is 280 g/mol. The predicted octanol–water partition coefficient (Wildman–Crippen LogP) is 3.38. The standard InChI is InChI=1S/C13H13ClN2OS/c1-9-4-3-5-11(15-9)13(17)16(2)8-10-6-7-12(14)18-10/h3-7H,8H2,1-2H3. The second kappa shape index (κ2) is 5.50. The Kier molecular flexibility index (Phi) is 3.99. The number of rotatable bonds is 3. The summed E-state index contributed by atoms with van der Waals surface area (Å²) in [4.78, 5) is 19.1. The van der Waals surface area contributed by atoms with Crippen LogP contribution in [0.1, 0.15) is 21.1 Å². The van der Waals surface area contributed by atoms with E-state index in [9.17, 15) is 4.79 Å². The van der Waals surface area contributed by atoms with E-state index in [0.29, 0.717) is 12.2 Å². The van der Waals surface area contributed by atoms with Crippen LogP contribution in [0.5, 0.6) is 0 Å². The largest absolute Gasteiger partial charge is 0.335 e. The molecule has 2 rings (SSSR count). The van der Waals surface area contributed by atoms with Crippen LogP contribution in [0, 0.1) is 6.92 Å². The van der Waals surface area contributed by atoms with Gasteiger partial charge in [0, 0.05) is 17.6 Å². The number of nitrogens with zero attached hydrogens (tertiary/aromatic N) is 2. The molecule has 0 spiro atoms. The Bertz CT molecular complexity index is 568. The molecule has 0 fully saturated rings. The minimum Gasteiger partial charge on any atom is -0.335 e. The topological polar surface area (TPSA) is 33.2 Å². The molecule has 2 aromatic rings. The molecule has 0 aromatic carbocycles. The Labute approximate surface area is 115 Å². The summed E-state index contributed by atoms with van der Waals surface area (Å²) in [5.74, 6) is -0.0803. The number of amides is 1. The van der Waals surface area contributed by atoms with E-state index < -0.39 is 0 Å². The Hall–Kier alpha value is -1.39. The lowest BCUT2D eigenvalue weighted by molar-refractivity contribution is 0.0780. The van der Waals surface area contributed by atoms with Gasteiger partial charge in [-0.3, -0.25) is 4.79 Å².